The summed E-state index contributed by atoms with van der Waals surface area (Å²) < 4.78 is 24.5. The number of nitrogens with one attached hydrogen (secondary N) is 1. The lowest BCUT2D eigenvalue weighted by molar-refractivity contribution is 0.151. The first-order valence-electron chi connectivity index (χ1n) is 2.88. The van der Waals surface area contributed by atoms with Crippen LogP contribution in [0.5, 0.6) is 0 Å². The first kappa shape index (κ1) is 9.91. The van der Waals surface area contributed by atoms with Crippen molar-refractivity contribution in [2.24, 2.45) is 0 Å². The van der Waals surface area contributed by atoms with E-state index >= 15 is 0 Å². The summed E-state index contributed by atoms with van der Waals surface area (Å²) in [5.41, 5.74) is -0.800. The van der Waals surface area contributed by atoms with Gasteiger partial charge in [0.25, 0.3) is 12.0 Å². The Labute approximate surface area is 85.1 Å². The SMILES string of the molecule is O=c1[nH]c(Cl)c(C(F)F)cc1I. The van der Waals surface area contributed by atoms with Crippen molar-refractivity contribution in [2.45, 2.75) is 6.43 Å². The Kier molecular flexibility index (Phi) is 3.05. The molecule has 0 aliphatic carbocycles. The molecule has 12 heavy (non-hydrogen) atoms. The van der Waals surface area contributed by atoms with Crippen LogP contribution in [0.25, 0.3) is 0 Å². The van der Waals surface area contributed by atoms with Gasteiger partial charge in [0.1, 0.15) is 5.15 Å². The van der Waals surface area contributed by atoms with Crippen molar-refractivity contribution >= 4 is 34.2 Å². The molecule has 1 N–H and O–H groups in total. The van der Waals surface area contributed by atoms with Crippen LogP contribution in [0.3, 0.4) is 0 Å². The molecular formula is C6H3ClF2INO. The number of pyridine rings is 1. The van der Waals surface area contributed by atoms with Crippen LogP contribution in [0.2, 0.25) is 5.15 Å². The molecule has 0 bridgehead atoms. The third-order valence-corrected chi connectivity index (χ3v) is 2.32. The minimum atomic E-state index is -2.66. The number of hydrogen-bond acceptors (Lipinski definition) is 1. The van der Waals surface area contributed by atoms with Crippen molar-refractivity contribution in [3.8, 4) is 0 Å². The average Bonchev–Trinajstić information content (AvgIpc) is 1.96. The molecule has 0 atom stereocenters. The highest BCUT2D eigenvalue weighted by atomic mass is 127. The fourth-order valence-corrected chi connectivity index (χ4v) is 1.35. The van der Waals surface area contributed by atoms with E-state index in [1.807, 2.05) is 0 Å². The quantitative estimate of drug-likeness (QED) is 0.628. The molecule has 0 aliphatic rings. The summed E-state index contributed by atoms with van der Waals surface area (Å²) in [5, 5.41) is -0.296. The third kappa shape index (κ3) is 1.95. The van der Waals surface area contributed by atoms with E-state index in [0.29, 0.717) is 0 Å². The summed E-state index contributed by atoms with van der Waals surface area (Å²) in [6.07, 6.45) is -2.66. The van der Waals surface area contributed by atoms with E-state index in [0.717, 1.165) is 6.07 Å². The van der Waals surface area contributed by atoms with Crippen molar-refractivity contribution in [2.75, 3.05) is 0 Å². The molecule has 0 aliphatic heterocycles. The molecule has 1 rings (SSSR count). The van der Waals surface area contributed by atoms with E-state index in [-0.39, 0.29) is 14.3 Å². The summed E-state index contributed by atoms with van der Waals surface area (Å²) in [6, 6.07) is 1.08. The highest BCUT2D eigenvalue weighted by molar-refractivity contribution is 14.1. The standard InChI is InChI=1S/C6H3ClF2INO/c7-4-2(5(8)9)1-3(10)6(12)11-4/h1,5H,(H,11,12). The molecule has 1 aromatic heterocycles. The maximum absolute atomic E-state index is 12.1. The molecule has 0 aromatic carbocycles. The molecule has 2 nitrogen and oxygen atoms in total. The molecule has 66 valence electrons. The minimum Gasteiger partial charge on any atom is -0.312 e. The van der Waals surface area contributed by atoms with Crippen LogP contribution in [0.1, 0.15) is 12.0 Å². The van der Waals surface area contributed by atoms with E-state index in [2.05, 4.69) is 4.98 Å². The molecular weight excluding hydrogens is 302 g/mol. The predicted octanol–water partition coefficient (Wildman–Crippen LogP) is 2.57. The second kappa shape index (κ2) is 3.69. The number of aromatic nitrogens is 1. The molecule has 0 fully saturated rings. The molecule has 0 spiro atoms. The van der Waals surface area contributed by atoms with Gasteiger partial charge in [-0.2, -0.15) is 0 Å². The van der Waals surface area contributed by atoms with E-state index in [9.17, 15) is 13.6 Å². The van der Waals surface area contributed by atoms with Gasteiger partial charge in [0, 0.05) is 0 Å². The second-order valence-corrected chi connectivity index (χ2v) is 3.56. The first-order chi connectivity index (χ1) is 5.52. The van der Waals surface area contributed by atoms with Crippen molar-refractivity contribution in [1.29, 1.82) is 0 Å². The van der Waals surface area contributed by atoms with E-state index in [1.165, 1.54) is 0 Å². The number of aromatic amines is 1. The average molecular weight is 305 g/mol. The monoisotopic (exact) mass is 305 g/mol. The zero-order chi connectivity index (χ0) is 9.30. The van der Waals surface area contributed by atoms with Gasteiger partial charge in [0.2, 0.25) is 0 Å². The molecule has 6 heteroatoms. The van der Waals surface area contributed by atoms with Crippen LogP contribution >= 0.6 is 34.2 Å². The Balaban J connectivity index is 3.33. The van der Waals surface area contributed by atoms with Crippen molar-refractivity contribution in [3.05, 3.63) is 30.7 Å². The third-order valence-electron chi connectivity index (χ3n) is 1.21. The number of alkyl halides is 2. The maximum Gasteiger partial charge on any atom is 0.266 e. The van der Waals surface area contributed by atoms with E-state index in [1.54, 1.807) is 22.6 Å². The molecule has 0 unspecified atom stereocenters. The Morgan fingerprint density at radius 3 is 2.67 bits per heavy atom. The number of rotatable bonds is 1. The lowest BCUT2D eigenvalue weighted by Gasteiger charge is -2.01. The van der Waals surface area contributed by atoms with Gasteiger partial charge in [-0.05, 0) is 28.7 Å². The molecule has 1 heterocycles. The van der Waals surface area contributed by atoms with Crippen molar-refractivity contribution < 1.29 is 8.78 Å². The zero-order valence-corrected chi connectivity index (χ0v) is 8.49. The fraction of sp³-hybridized carbons (Fsp3) is 0.167. The maximum atomic E-state index is 12.1. The van der Waals surface area contributed by atoms with Crippen LogP contribution < -0.4 is 5.56 Å². The van der Waals surface area contributed by atoms with Gasteiger partial charge >= 0.3 is 0 Å². The Morgan fingerprint density at radius 2 is 2.17 bits per heavy atom. The highest BCUT2D eigenvalue weighted by Crippen LogP contribution is 2.24. The second-order valence-electron chi connectivity index (χ2n) is 2.02. The zero-order valence-electron chi connectivity index (χ0n) is 5.57. The van der Waals surface area contributed by atoms with E-state index in [4.69, 9.17) is 11.6 Å². The number of H-pyrrole nitrogens is 1. The first-order valence-corrected chi connectivity index (χ1v) is 4.34. The summed E-state index contributed by atoms with van der Waals surface area (Å²) in [5.74, 6) is 0. The molecule has 0 amide bonds. The van der Waals surface area contributed by atoms with Gasteiger partial charge < -0.3 is 4.98 Å². The smallest absolute Gasteiger partial charge is 0.266 e. The normalized spacial score (nSPS) is 10.8. The van der Waals surface area contributed by atoms with Gasteiger partial charge in [-0.15, -0.1) is 0 Å². The number of halogens is 4. The summed E-state index contributed by atoms with van der Waals surface area (Å²) in [7, 11) is 0. The lowest BCUT2D eigenvalue weighted by Crippen LogP contribution is -2.11. The van der Waals surface area contributed by atoms with Crippen LogP contribution in [-0.2, 0) is 0 Å². The lowest BCUT2D eigenvalue weighted by atomic mass is 10.3. The molecule has 0 radical (unpaired) electrons. The fourth-order valence-electron chi connectivity index (χ4n) is 0.656. The van der Waals surface area contributed by atoms with Crippen molar-refractivity contribution in [1.82, 2.24) is 4.98 Å². The topological polar surface area (TPSA) is 32.9 Å². The Hall–Kier alpha value is -0.170. The minimum absolute atomic E-state index is 0.201. The predicted molar refractivity (Wildman–Crippen MR) is 49.7 cm³/mol. The van der Waals surface area contributed by atoms with Crippen molar-refractivity contribution in [3.63, 3.8) is 0 Å². The van der Waals surface area contributed by atoms with Crippen LogP contribution in [0.4, 0.5) is 8.78 Å². The molecule has 1 aromatic rings. The summed E-state index contributed by atoms with van der Waals surface area (Å²) in [4.78, 5) is 12.9. The van der Waals surface area contributed by atoms with Gasteiger partial charge in [0.15, 0.2) is 0 Å². The van der Waals surface area contributed by atoms with E-state index < -0.39 is 12.0 Å². The Bertz CT molecular complexity index is 352. The summed E-state index contributed by atoms with van der Waals surface area (Å²) >= 11 is 7.02. The Morgan fingerprint density at radius 1 is 1.58 bits per heavy atom. The van der Waals surface area contributed by atoms with Crippen LogP contribution in [-0.4, -0.2) is 4.98 Å². The largest absolute Gasteiger partial charge is 0.312 e. The highest BCUT2D eigenvalue weighted by Gasteiger charge is 2.13. The van der Waals surface area contributed by atoms with Crippen LogP contribution in [0.15, 0.2) is 10.9 Å². The van der Waals surface area contributed by atoms with Gasteiger partial charge in [-0.1, -0.05) is 11.6 Å². The molecule has 0 saturated carbocycles. The van der Waals surface area contributed by atoms with Crippen LogP contribution in [0, 0.1) is 3.57 Å². The summed E-state index contributed by atoms with van der Waals surface area (Å²) in [6.45, 7) is 0. The van der Waals surface area contributed by atoms with Gasteiger partial charge in [-0.25, -0.2) is 8.78 Å². The van der Waals surface area contributed by atoms with Gasteiger partial charge in [-0.3, -0.25) is 4.79 Å². The molecule has 0 saturated heterocycles. The van der Waals surface area contributed by atoms with Gasteiger partial charge in [0.05, 0.1) is 9.13 Å². The number of hydrogen-bond donors (Lipinski definition) is 1.